The van der Waals surface area contributed by atoms with Gasteiger partial charge in [0, 0.05) is 24.0 Å². The van der Waals surface area contributed by atoms with Crippen molar-refractivity contribution in [2.45, 2.75) is 19.4 Å². The van der Waals surface area contributed by atoms with Crippen LogP contribution < -0.4 is 15.5 Å². The van der Waals surface area contributed by atoms with E-state index in [0.717, 1.165) is 5.56 Å². The van der Waals surface area contributed by atoms with Gasteiger partial charge in [-0.2, -0.15) is 0 Å². The van der Waals surface area contributed by atoms with Gasteiger partial charge in [0.15, 0.2) is 0 Å². The molecule has 3 amide bonds. The van der Waals surface area contributed by atoms with E-state index in [9.17, 15) is 14.4 Å². The van der Waals surface area contributed by atoms with E-state index in [0.29, 0.717) is 23.5 Å². The average molecular weight is 446 g/mol. The van der Waals surface area contributed by atoms with Crippen molar-refractivity contribution in [1.82, 2.24) is 5.32 Å². The number of nitrogens with zero attached hydrogens (tertiary/aromatic N) is 1. The average Bonchev–Trinajstić information content (AvgIpc) is 2.85. The van der Waals surface area contributed by atoms with Crippen molar-refractivity contribution in [2.24, 2.45) is 0 Å². The number of carbonyl (C=O) groups is 3. The van der Waals surface area contributed by atoms with Crippen molar-refractivity contribution in [3.63, 3.8) is 0 Å². The number of nitrogens with one attached hydrogen (secondary N) is 2. The molecule has 0 saturated heterocycles. The lowest BCUT2D eigenvalue weighted by Crippen LogP contribution is -2.31. The fraction of sp³-hybridized carbons (Fsp3) is 0.192. The van der Waals surface area contributed by atoms with E-state index in [4.69, 9.17) is 4.74 Å². The third kappa shape index (κ3) is 6.67. The predicted octanol–water partition coefficient (Wildman–Crippen LogP) is 4.78. The number of ether oxygens (including phenoxy) is 1. The fourth-order valence-electron chi connectivity index (χ4n) is 3.26. The Kier molecular flexibility index (Phi) is 8.18. The lowest BCUT2D eigenvalue weighted by molar-refractivity contribution is -0.116. The van der Waals surface area contributed by atoms with Crippen LogP contribution in [0, 0.1) is 0 Å². The standard InChI is InChI=1S/C26H27N3O4/c1-3-33-26(32)29(2)22-16-14-21(15-17-22)27-24(30)18-23(19-10-6-4-7-11-19)28-25(31)20-12-8-5-9-13-20/h4-17,23H,3,18H2,1-2H3,(H,27,30)(H,28,31). The molecule has 0 aromatic heterocycles. The van der Waals surface area contributed by atoms with Crippen LogP contribution in [0.3, 0.4) is 0 Å². The minimum absolute atomic E-state index is 0.0626. The molecule has 0 bridgehead atoms. The second-order valence-corrected chi connectivity index (χ2v) is 7.36. The Morgan fingerprint density at radius 3 is 2.09 bits per heavy atom. The van der Waals surface area contributed by atoms with E-state index in [2.05, 4.69) is 10.6 Å². The zero-order chi connectivity index (χ0) is 23.6. The van der Waals surface area contributed by atoms with Crippen LogP contribution >= 0.6 is 0 Å². The largest absolute Gasteiger partial charge is 0.449 e. The molecule has 0 fully saturated rings. The number of amides is 3. The molecule has 2 N–H and O–H groups in total. The molecule has 0 aliphatic rings. The maximum Gasteiger partial charge on any atom is 0.413 e. The Labute approximate surface area is 193 Å². The zero-order valence-electron chi connectivity index (χ0n) is 18.7. The Morgan fingerprint density at radius 2 is 1.48 bits per heavy atom. The highest BCUT2D eigenvalue weighted by Gasteiger charge is 2.19. The lowest BCUT2D eigenvalue weighted by atomic mass is 10.0. The molecule has 3 rings (SSSR count). The van der Waals surface area contributed by atoms with Gasteiger partial charge in [0.2, 0.25) is 5.91 Å². The number of anilines is 2. The van der Waals surface area contributed by atoms with E-state index < -0.39 is 12.1 Å². The Bertz CT molecular complexity index is 1070. The molecule has 0 aliphatic carbocycles. The van der Waals surface area contributed by atoms with Crippen molar-refractivity contribution in [3.05, 3.63) is 96.1 Å². The van der Waals surface area contributed by atoms with Gasteiger partial charge in [-0.25, -0.2) is 4.79 Å². The Balaban J connectivity index is 1.67. The van der Waals surface area contributed by atoms with Gasteiger partial charge in [-0.3, -0.25) is 14.5 Å². The molecular weight excluding hydrogens is 418 g/mol. The fourth-order valence-corrected chi connectivity index (χ4v) is 3.26. The number of hydrogen-bond acceptors (Lipinski definition) is 4. The second-order valence-electron chi connectivity index (χ2n) is 7.36. The van der Waals surface area contributed by atoms with Crippen LogP contribution in [0.5, 0.6) is 0 Å². The maximum atomic E-state index is 12.8. The molecule has 1 unspecified atom stereocenters. The third-order valence-corrected chi connectivity index (χ3v) is 5.01. The first kappa shape index (κ1) is 23.5. The van der Waals surface area contributed by atoms with Gasteiger partial charge >= 0.3 is 6.09 Å². The van der Waals surface area contributed by atoms with Crippen LogP contribution in [0.1, 0.15) is 35.3 Å². The van der Waals surface area contributed by atoms with Crippen LogP contribution in [0.4, 0.5) is 16.2 Å². The SMILES string of the molecule is CCOC(=O)N(C)c1ccc(NC(=O)CC(NC(=O)c2ccccc2)c2ccccc2)cc1. The molecule has 33 heavy (non-hydrogen) atoms. The number of carbonyl (C=O) groups excluding carboxylic acids is 3. The van der Waals surface area contributed by atoms with Crippen LogP contribution in [0.25, 0.3) is 0 Å². The van der Waals surface area contributed by atoms with Crippen LogP contribution in [-0.4, -0.2) is 31.6 Å². The van der Waals surface area contributed by atoms with Gasteiger partial charge in [0.1, 0.15) is 0 Å². The van der Waals surface area contributed by atoms with Gasteiger partial charge in [-0.15, -0.1) is 0 Å². The van der Waals surface area contributed by atoms with E-state index in [1.807, 2.05) is 36.4 Å². The molecule has 0 spiro atoms. The topological polar surface area (TPSA) is 87.7 Å². The van der Waals surface area contributed by atoms with Crippen molar-refractivity contribution in [1.29, 1.82) is 0 Å². The van der Waals surface area contributed by atoms with Gasteiger partial charge in [0.25, 0.3) is 5.91 Å². The van der Waals surface area contributed by atoms with E-state index in [1.165, 1.54) is 4.90 Å². The van der Waals surface area contributed by atoms with E-state index in [1.54, 1.807) is 62.5 Å². The molecule has 3 aromatic rings. The smallest absolute Gasteiger partial charge is 0.413 e. The second kappa shape index (κ2) is 11.5. The molecule has 0 radical (unpaired) electrons. The minimum Gasteiger partial charge on any atom is -0.449 e. The molecular formula is C26H27N3O4. The van der Waals surface area contributed by atoms with E-state index >= 15 is 0 Å². The monoisotopic (exact) mass is 445 g/mol. The number of benzene rings is 3. The summed E-state index contributed by atoms with van der Waals surface area (Å²) in [6.07, 6.45) is -0.387. The summed E-state index contributed by atoms with van der Waals surface area (Å²) in [5, 5.41) is 5.81. The summed E-state index contributed by atoms with van der Waals surface area (Å²) in [5.41, 5.74) is 2.59. The lowest BCUT2D eigenvalue weighted by Gasteiger charge is -2.20. The molecule has 170 valence electrons. The van der Waals surface area contributed by atoms with Gasteiger partial charge in [-0.05, 0) is 48.9 Å². The highest BCUT2D eigenvalue weighted by molar-refractivity contribution is 5.96. The number of rotatable bonds is 8. The molecule has 7 nitrogen and oxygen atoms in total. The van der Waals surface area contributed by atoms with Crippen LogP contribution in [0.15, 0.2) is 84.9 Å². The molecule has 3 aromatic carbocycles. The predicted molar refractivity (Wildman–Crippen MR) is 128 cm³/mol. The summed E-state index contributed by atoms with van der Waals surface area (Å²) in [4.78, 5) is 38.7. The summed E-state index contributed by atoms with van der Waals surface area (Å²) in [6, 6.07) is 24.6. The first-order chi connectivity index (χ1) is 16.0. The summed E-state index contributed by atoms with van der Waals surface area (Å²) in [5.74, 6) is -0.493. The van der Waals surface area contributed by atoms with Crippen molar-refractivity contribution in [3.8, 4) is 0 Å². The van der Waals surface area contributed by atoms with Gasteiger partial charge in [0.05, 0.1) is 19.1 Å². The van der Waals surface area contributed by atoms with Crippen molar-refractivity contribution < 1.29 is 19.1 Å². The summed E-state index contributed by atoms with van der Waals surface area (Å²) < 4.78 is 4.99. The summed E-state index contributed by atoms with van der Waals surface area (Å²) >= 11 is 0. The highest BCUT2D eigenvalue weighted by atomic mass is 16.6. The first-order valence-corrected chi connectivity index (χ1v) is 10.7. The molecule has 1 atom stereocenters. The first-order valence-electron chi connectivity index (χ1n) is 10.7. The Hall–Kier alpha value is -4.13. The van der Waals surface area contributed by atoms with Gasteiger partial charge in [-0.1, -0.05) is 48.5 Å². The molecule has 0 saturated carbocycles. The minimum atomic E-state index is -0.492. The number of hydrogen-bond donors (Lipinski definition) is 2. The Morgan fingerprint density at radius 1 is 0.879 bits per heavy atom. The third-order valence-electron chi connectivity index (χ3n) is 5.01. The van der Waals surface area contributed by atoms with Crippen molar-refractivity contribution >= 4 is 29.3 Å². The van der Waals surface area contributed by atoms with Crippen LogP contribution in [0.2, 0.25) is 0 Å². The normalized spacial score (nSPS) is 11.2. The molecule has 0 aliphatic heterocycles. The molecule has 7 heteroatoms. The van der Waals surface area contributed by atoms with Crippen LogP contribution in [-0.2, 0) is 9.53 Å². The zero-order valence-corrected chi connectivity index (χ0v) is 18.7. The van der Waals surface area contributed by atoms with E-state index in [-0.39, 0.29) is 18.2 Å². The highest BCUT2D eigenvalue weighted by Crippen LogP contribution is 2.21. The maximum absolute atomic E-state index is 12.8. The van der Waals surface area contributed by atoms with Crippen molar-refractivity contribution in [2.75, 3.05) is 23.9 Å². The van der Waals surface area contributed by atoms with Gasteiger partial charge < -0.3 is 15.4 Å². The quantitative estimate of drug-likeness (QED) is 0.522. The summed E-state index contributed by atoms with van der Waals surface area (Å²) in [6.45, 7) is 2.04. The summed E-state index contributed by atoms with van der Waals surface area (Å²) in [7, 11) is 1.62. The molecule has 0 heterocycles.